The molecule has 0 radical (unpaired) electrons. The van der Waals surface area contributed by atoms with Crippen LogP contribution in [0.1, 0.15) is 32.3 Å². The minimum atomic E-state index is -1.00. The molecule has 0 saturated carbocycles. The van der Waals surface area contributed by atoms with E-state index in [0.717, 1.165) is 18.2 Å². The van der Waals surface area contributed by atoms with Crippen LogP contribution in [0.5, 0.6) is 0 Å². The third-order valence-electron chi connectivity index (χ3n) is 3.36. The molecule has 0 fully saturated rings. The Morgan fingerprint density at radius 2 is 2.05 bits per heavy atom. The molecule has 1 atom stereocenters. The summed E-state index contributed by atoms with van der Waals surface area (Å²) in [5.74, 6) is -1.52. The predicted molar refractivity (Wildman–Crippen MR) is 73.1 cm³/mol. The maximum atomic E-state index is 13.8. The molecule has 0 aromatic heterocycles. The van der Waals surface area contributed by atoms with Crippen LogP contribution in [0.3, 0.4) is 0 Å². The van der Waals surface area contributed by atoms with Gasteiger partial charge in [-0.25, -0.2) is 8.78 Å². The van der Waals surface area contributed by atoms with Gasteiger partial charge < -0.3 is 10.5 Å². The molecule has 5 heteroatoms. The number of carbonyl (C=O) groups excluding carboxylic acids is 1. The Hall–Kier alpha value is -1.49. The fraction of sp³-hybridized carbons (Fsp3) is 0.533. The first-order valence-electron chi connectivity index (χ1n) is 6.80. The van der Waals surface area contributed by atoms with E-state index in [9.17, 15) is 13.6 Å². The van der Waals surface area contributed by atoms with Gasteiger partial charge >= 0.3 is 5.97 Å². The van der Waals surface area contributed by atoms with Gasteiger partial charge in [-0.05, 0) is 43.5 Å². The Kier molecular flexibility index (Phi) is 6.07. The Morgan fingerprint density at radius 3 is 2.60 bits per heavy atom. The fourth-order valence-electron chi connectivity index (χ4n) is 2.33. The normalized spacial score (nSPS) is 13.8. The van der Waals surface area contributed by atoms with Crippen LogP contribution in [0.2, 0.25) is 0 Å². The highest BCUT2D eigenvalue weighted by molar-refractivity contribution is 5.77. The van der Waals surface area contributed by atoms with E-state index in [1.807, 2.05) is 6.92 Å². The monoisotopic (exact) mass is 285 g/mol. The lowest BCUT2D eigenvalue weighted by Gasteiger charge is -2.30. The van der Waals surface area contributed by atoms with E-state index in [2.05, 4.69) is 0 Å². The van der Waals surface area contributed by atoms with E-state index in [4.69, 9.17) is 10.5 Å². The van der Waals surface area contributed by atoms with Gasteiger partial charge in [0.2, 0.25) is 0 Å². The van der Waals surface area contributed by atoms with Crippen molar-refractivity contribution in [3.05, 3.63) is 35.4 Å². The number of hydrogen-bond acceptors (Lipinski definition) is 3. The van der Waals surface area contributed by atoms with Crippen molar-refractivity contribution >= 4 is 5.97 Å². The molecule has 3 nitrogen and oxygen atoms in total. The average Bonchev–Trinajstić information content (AvgIpc) is 2.42. The van der Waals surface area contributed by atoms with Crippen molar-refractivity contribution in [2.75, 3.05) is 13.2 Å². The second-order valence-electron chi connectivity index (χ2n) is 4.87. The van der Waals surface area contributed by atoms with Crippen LogP contribution in [0.4, 0.5) is 8.78 Å². The second-order valence-corrected chi connectivity index (χ2v) is 4.87. The lowest BCUT2D eigenvalue weighted by molar-refractivity contribution is -0.155. The summed E-state index contributed by atoms with van der Waals surface area (Å²) < 4.78 is 32.1. The first-order valence-corrected chi connectivity index (χ1v) is 6.80. The zero-order chi connectivity index (χ0) is 15.2. The number of halogens is 2. The standard InChI is InChI=1S/C15H21F2NO2/c1-3-7-15(10-18,14(19)20-4-2)9-11-8-12(16)5-6-13(11)17/h5-6,8H,3-4,7,9-10,18H2,1-2H3. The molecule has 0 aliphatic heterocycles. The van der Waals surface area contributed by atoms with Crippen LogP contribution >= 0.6 is 0 Å². The minimum absolute atomic E-state index is 0.0373. The fourth-order valence-corrected chi connectivity index (χ4v) is 2.33. The third-order valence-corrected chi connectivity index (χ3v) is 3.36. The molecule has 2 N–H and O–H groups in total. The molecule has 0 heterocycles. The number of benzene rings is 1. The van der Waals surface area contributed by atoms with E-state index in [-0.39, 0.29) is 25.1 Å². The first-order chi connectivity index (χ1) is 9.49. The molecule has 0 bridgehead atoms. The van der Waals surface area contributed by atoms with Crippen molar-refractivity contribution < 1.29 is 18.3 Å². The van der Waals surface area contributed by atoms with Crippen molar-refractivity contribution in [1.82, 2.24) is 0 Å². The van der Waals surface area contributed by atoms with E-state index in [1.54, 1.807) is 6.92 Å². The van der Waals surface area contributed by atoms with Crippen molar-refractivity contribution in [1.29, 1.82) is 0 Å². The van der Waals surface area contributed by atoms with Crippen LogP contribution in [-0.2, 0) is 16.0 Å². The highest BCUT2D eigenvalue weighted by atomic mass is 19.1. The molecule has 0 aliphatic carbocycles. The number of nitrogens with two attached hydrogens (primary N) is 1. The highest BCUT2D eigenvalue weighted by Crippen LogP contribution is 2.31. The molecule has 1 aromatic rings. The summed E-state index contributed by atoms with van der Waals surface area (Å²) in [7, 11) is 0. The number of hydrogen-bond donors (Lipinski definition) is 1. The Balaban J connectivity index is 3.11. The zero-order valence-corrected chi connectivity index (χ0v) is 11.9. The molecular weight excluding hydrogens is 264 g/mol. The number of esters is 1. The van der Waals surface area contributed by atoms with Gasteiger partial charge in [-0.15, -0.1) is 0 Å². The first kappa shape index (κ1) is 16.6. The molecule has 1 rings (SSSR count). The summed E-state index contributed by atoms with van der Waals surface area (Å²) in [4.78, 5) is 12.2. The van der Waals surface area contributed by atoms with Crippen LogP contribution in [-0.4, -0.2) is 19.1 Å². The average molecular weight is 285 g/mol. The van der Waals surface area contributed by atoms with Crippen molar-refractivity contribution in [2.24, 2.45) is 11.1 Å². The highest BCUT2D eigenvalue weighted by Gasteiger charge is 2.38. The van der Waals surface area contributed by atoms with E-state index in [1.165, 1.54) is 0 Å². The molecule has 1 unspecified atom stereocenters. The summed E-state index contributed by atoms with van der Waals surface area (Å²) >= 11 is 0. The number of ether oxygens (including phenoxy) is 1. The molecule has 1 aromatic carbocycles. The van der Waals surface area contributed by atoms with E-state index in [0.29, 0.717) is 12.8 Å². The third kappa shape index (κ3) is 3.76. The lowest BCUT2D eigenvalue weighted by Crippen LogP contribution is -2.42. The molecule has 0 aliphatic rings. The SMILES string of the molecule is CCCC(CN)(Cc1cc(F)ccc1F)C(=O)OCC. The van der Waals surface area contributed by atoms with Crippen molar-refractivity contribution in [3.63, 3.8) is 0 Å². The zero-order valence-electron chi connectivity index (χ0n) is 11.9. The predicted octanol–water partition coefficient (Wildman–Crippen LogP) is 2.82. The summed E-state index contributed by atoms with van der Waals surface area (Å²) in [6.45, 7) is 3.88. The molecule has 0 saturated heterocycles. The molecule has 0 spiro atoms. The Labute approximate surface area is 118 Å². The molecule has 20 heavy (non-hydrogen) atoms. The molecule has 112 valence electrons. The smallest absolute Gasteiger partial charge is 0.313 e. The van der Waals surface area contributed by atoms with Crippen LogP contribution in [0.25, 0.3) is 0 Å². The van der Waals surface area contributed by atoms with Gasteiger partial charge in [0, 0.05) is 6.54 Å². The minimum Gasteiger partial charge on any atom is -0.466 e. The van der Waals surface area contributed by atoms with E-state index < -0.39 is 23.0 Å². The van der Waals surface area contributed by atoms with E-state index >= 15 is 0 Å². The van der Waals surface area contributed by atoms with Gasteiger partial charge in [0.1, 0.15) is 11.6 Å². The van der Waals surface area contributed by atoms with Gasteiger partial charge in [-0.3, -0.25) is 4.79 Å². The maximum Gasteiger partial charge on any atom is 0.313 e. The summed E-state index contributed by atoms with van der Waals surface area (Å²) in [6, 6.07) is 3.21. The largest absolute Gasteiger partial charge is 0.466 e. The summed E-state index contributed by atoms with van der Waals surface area (Å²) in [6.07, 6.45) is 1.21. The summed E-state index contributed by atoms with van der Waals surface area (Å²) in [5, 5.41) is 0. The number of carbonyl (C=O) groups is 1. The van der Waals surface area contributed by atoms with Crippen LogP contribution in [0, 0.1) is 17.0 Å². The second kappa shape index (κ2) is 7.33. The van der Waals surface area contributed by atoms with Crippen LogP contribution < -0.4 is 5.73 Å². The quantitative estimate of drug-likeness (QED) is 0.784. The van der Waals surface area contributed by atoms with Crippen LogP contribution in [0.15, 0.2) is 18.2 Å². The van der Waals surface area contributed by atoms with Gasteiger partial charge in [-0.2, -0.15) is 0 Å². The summed E-state index contributed by atoms with van der Waals surface area (Å²) in [5.41, 5.74) is 4.89. The van der Waals surface area contributed by atoms with Gasteiger partial charge in [0.05, 0.1) is 12.0 Å². The van der Waals surface area contributed by atoms with Crippen molar-refractivity contribution in [2.45, 2.75) is 33.1 Å². The Bertz CT molecular complexity index is 465. The number of rotatable bonds is 7. The van der Waals surface area contributed by atoms with Gasteiger partial charge in [0.25, 0.3) is 0 Å². The Morgan fingerprint density at radius 1 is 1.35 bits per heavy atom. The topological polar surface area (TPSA) is 52.3 Å². The lowest BCUT2D eigenvalue weighted by atomic mass is 9.77. The van der Waals surface area contributed by atoms with Gasteiger partial charge in [-0.1, -0.05) is 13.3 Å². The maximum absolute atomic E-state index is 13.8. The van der Waals surface area contributed by atoms with Crippen molar-refractivity contribution in [3.8, 4) is 0 Å². The van der Waals surface area contributed by atoms with Gasteiger partial charge in [0.15, 0.2) is 0 Å². The molecule has 0 amide bonds. The molecular formula is C15H21F2NO2.